The van der Waals surface area contributed by atoms with E-state index in [0.717, 1.165) is 0 Å². The van der Waals surface area contributed by atoms with E-state index in [1.807, 2.05) is 0 Å². The lowest BCUT2D eigenvalue weighted by Gasteiger charge is -2.11. The molecule has 2 rings (SSSR count). The monoisotopic (exact) mass is 274 g/mol. The van der Waals surface area contributed by atoms with Gasteiger partial charge in [0.25, 0.3) is 5.91 Å². The molecule has 0 unspecified atom stereocenters. The molecule has 0 heterocycles. The first-order chi connectivity index (χ1) is 9.52. The quantitative estimate of drug-likeness (QED) is 0.505. The van der Waals surface area contributed by atoms with E-state index in [1.165, 1.54) is 31.4 Å². The fourth-order valence-electron chi connectivity index (χ4n) is 1.73. The summed E-state index contributed by atoms with van der Waals surface area (Å²) in [5.41, 5.74) is 6.44. The Kier molecular flexibility index (Phi) is 3.65. The van der Waals surface area contributed by atoms with E-state index in [2.05, 4.69) is 5.32 Å². The van der Waals surface area contributed by atoms with Crippen LogP contribution >= 0.6 is 0 Å². The summed E-state index contributed by atoms with van der Waals surface area (Å²) in [4.78, 5) is 12.1. The van der Waals surface area contributed by atoms with Gasteiger partial charge in [-0.25, -0.2) is 0 Å². The summed E-state index contributed by atoms with van der Waals surface area (Å²) in [5, 5.41) is 21.6. The minimum Gasteiger partial charge on any atom is -0.504 e. The van der Waals surface area contributed by atoms with Crippen molar-refractivity contribution in [3.8, 4) is 17.2 Å². The molecule has 0 bridgehead atoms. The van der Waals surface area contributed by atoms with E-state index in [9.17, 15) is 15.0 Å². The van der Waals surface area contributed by atoms with Crippen molar-refractivity contribution in [1.82, 2.24) is 0 Å². The van der Waals surface area contributed by atoms with Gasteiger partial charge in [-0.15, -0.1) is 0 Å². The normalized spacial score (nSPS) is 10.1. The first-order valence-corrected chi connectivity index (χ1v) is 5.78. The van der Waals surface area contributed by atoms with E-state index in [1.54, 1.807) is 12.1 Å². The van der Waals surface area contributed by atoms with Gasteiger partial charge in [0.1, 0.15) is 5.75 Å². The average Bonchev–Trinajstić information content (AvgIpc) is 2.42. The standard InChI is InChI=1S/C14H14N2O4/c1-20-12-6-5-8(15)7-10(12)16-14(19)9-3-2-4-11(17)13(9)18/h2-7,17-18H,15H2,1H3,(H,16,19). The zero-order valence-electron chi connectivity index (χ0n) is 10.8. The van der Waals surface area contributed by atoms with Gasteiger partial charge in [-0.3, -0.25) is 4.79 Å². The number of methoxy groups -OCH3 is 1. The van der Waals surface area contributed by atoms with Crippen molar-refractivity contribution < 1.29 is 19.7 Å². The number of para-hydroxylation sites is 1. The first-order valence-electron chi connectivity index (χ1n) is 5.78. The van der Waals surface area contributed by atoms with Crippen LogP contribution in [0.2, 0.25) is 0 Å². The molecule has 2 aromatic carbocycles. The number of nitrogens with one attached hydrogen (secondary N) is 1. The molecule has 6 nitrogen and oxygen atoms in total. The minimum absolute atomic E-state index is 0.0468. The molecule has 1 amide bonds. The van der Waals surface area contributed by atoms with Crippen molar-refractivity contribution in [2.45, 2.75) is 0 Å². The number of anilines is 2. The van der Waals surface area contributed by atoms with Crippen molar-refractivity contribution in [3.63, 3.8) is 0 Å². The summed E-state index contributed by atoms with van der Waals surface area (Å²) in [7, 11) is 1.47. The molecule has 5 N–H and O–H groups in total. The molecular formula is C14H14N2O4. The Bertz CT molecular complexity index is 656. The topological polar surface area (TPSA) is 105 Å². The molecule has 6 heteroatoms. The van der Waals surface area contributed by atoms with Crippen LogP contribution in [-0.4, -0.2) is 23.2 Å². The number of aromatic hydroxyl groups is 2. The lowest BCUT2D eigenvalue weighted by atomic mass is 10.1. The number of phenolic OH excluding ortho intramolecular Hbond substituents is 2. The van der Waals surface area contributed by atoms with Gasteiger partial charge in [0.2, 0.25) is 0 Å². The van der Waals surface area contributed by atoms with Crippen molar-refractivity contribution in [2.75, 3.05) is 18.2 Å². The third-order valence-electron chi connectivity index (χ3n) is 2.73. The van der Waals surface area contributed by atoms with E-state index in [0.29, 0.717) is 17.1 Å². The molecule has 0 aliphatic rings. The van der Waals surface area contributed by atoms with Gasteiger partial charge in [-0.2, -0.15) is 0 Å². The Morgan fingerprint density at radius 3 is 2.70 bits per heavy atom. The van der Waals surface area contributed by atoms with Crippen LogP contribution in [0.5, 0.6) is 17.2 Å². The predicted molar refractivity (Wildman–Crippen MR) is 75.1 cm³/mol. The van der Waals surface area contributed by atoms with Gasteiger partial charge in [0.15, 0.2) is 11.5 Å². The van der Waals surface area contributed by atoms with Crippen molar-refractivity contribution >= 4 is 17.3 Å². The van der Waals surface area contributed by atoms with Crippen LogP contribution in [0.1, 0.15) is 10.4 Å². The number of rotatable bonds is 3. The van der Waals surface area contributed by atoms with Crippen molar-refractivity contribution in [3.05, 3.63) is 42.0 Å². The number of nitrogens with two attached hydrogens (primary N) is 1. The summed E-state index contributed by atoms with van der Waals surface area (Å²) in [6.07, 6.45) is 0. The number of carbonyl (C=O) groups excluding carboxylic acids is 1. The van der Waals surface area contributed by atoms with Crippen LogP contribution in [0.3, 0.4) is 0 Å². The SMILES string of the molecule is COc1ccc(N)cc1NC(=O)c1cccc(O)c1O. The zero-order chi connectivity index (χ0) is 14.7. The molecule has 20 heavy (non-hydrogen) atoms. The second-order valence-electron chi connectivity index (χ2n) is 4.09. The van der Waals surface area contributed by atoms with Gasteiger partial charge in [-0.05, 0) is 30.3 Å². The second kappa shape index (κ2) is 5.40. The van der Waals surface area contributed by atoms with Crippen molar-refractivity contribution in [2.24, 2.45) is 0 Å². The Morgan fingerprint density at radius 1 is 1.25 bits per heavy atom. The van der Waals surface area contributed by atoms with Gasteiger partial charge >= 0.3 is 0 Å². The summed E-state index contributed by atoms with van der Waals surface area (Å²) in [6.45, 7) is 0. The zero-order valence-corrected chi connectivity index (χ0v) is 10.8. The number of phenols is 2. The highest BCUT2D eigenvalue weighted by Gasteiger charge is 2.15. The Labute approximate surface area is 115 Å². The van der Waals surface area contributed by atoms with E-state index in [4.69, 9.17) is 10.5 Å². The fourth-order valence-corrected chi connectivity index (χ4v) is 1.73. The third kappa shape index (κ3) is 2.59. The molecule has 104 valence electrons. The smallest absolute Gasteiger partial charge is 0.259 e. The van der Waals surface area contributed by atoms with Crippen LogP contribution < -0.4 is 15.8 Å². The number of carbonyl (C=O) groups is 1. The number of ether oxygens (including phenoxy) is 1. The summed E-state index contributed by atoms with van der Waals surface area (Å²) in [5.74, 6) is -0.987. The van der Waals surface area contributed by atoms with E-state index in [-0.39, 0.29) is 11.3 Å². The Morgan fingerprint density at radius 2 is 2.00 bits per heavy atom. The molecule has 0 radical (unpaired) electrons. The van der Waals surface area contributed by atoms with Crippen LogP contribution in [0, 0.1) is 0 Å². The maximum absolute atomic E-state index is 12.1. The van der Waals surface area contributed by atoms with Crippen LogP contribution in [0.25, 0.3) is 0 Å². The van der Waals surface area contributed by atoms with Gasteiger partial charge in [-0.1, -0.05) is 6.07 Å². The molecule has 0 aliphatic carbocycles. The maximum atomic E-state index is 12.1. The van der Waals surface area contributed by atoms with Crippen LogP contribution in [0.15, 0.2) is 36.4 Å². The minimum atomic E-state index is -0.581. The summed E-state index contributed by atoms with van der Waals surface area (Å²) in [6, 6.07) is 8.93. The Balaban J connectivity index is 2.32. The average molecular weight is 274 g/mol. The number of hydrogen-bond donors (Lipinski definition) is 4. The molecule has 0 aromatic heterocycles. The van der Waals surface area contributed by atoms with E-state index >= 15 is 0 Å². The summed E-state index contributed by atoms with van der Waals surface area (Å²) < 4.78 is 5.11. The highest BCUT2D eigenvalue weighted by molar-refractivity contribution is 6.07. The molecule has 0 aliphatic heterocycles. The van der Waals surface area contributed by atoms with Gasteiger partial charge < -0.3 is 26.0 Å². The highest BCUT2D eigenvalue weighted by atomic mass is 16.5. The lowest BCUT2D eigenvalue weighted by molar-refractivity contribution is 0.102. The van der Waals surface area contributed by atoms with E-state index < -0.39 is 11.7 Å². The van der Waals surface area contributed by atoms with Gasteiger partial charge in [0.05, 0.1) is 18.4 Å². The number of hydrogen-bond acceptors (Lipinski definition) is 5. The molecule has 0 saturated carbocycles. The number of nitrogen functional groups attached to an aromatic ring is 1. The lowest BCUT2D eigenvalue weighted by Crippen LogP contribution is -2.13. The van der Waals surface area contributed by atoms with Crippen LogP contribution in [-0.2, 0) is 0 Å². The molecule has 0 spiro atoms. The molecule has 0 atom stereocenters. The Hall–Kier alpha value is -2.89. The maximum Gasteiger partial charge on any atom is 0.259 e. The highest BCUT2D eigenvalue weighted by Crippen LogP contribution is 2.31. The predicted octanol–water partition coefficient (Wildman–Crippen LogP) is 1.94. The molecule has 2 aromatic rings. The number of amides is 1. The molecule has 0 fully saturated rings. The summed E-state index contributed by atoms with van der Waals surface area (Å²) >= 11 is 0. The molecule has 0 saturated heterocycles. The van der Waals surface area contributed by atoms with Crippen LogP contribution in [0.4, 0.5) is 11.4 Å². The van der Waals surface area contributed by atoms with Crippen molar-refractivity contribution in [1.29, 1.82) is 0 Å². The third-order valence-corrected chi connectivity index (χ3v) is 2.73. The largest absolute Gasteiger partial charge is 0.504 e. The fraction of sp³-hybridized carbons (Fsp3) is 0.0714. The molecular weight excluding hydrogens is 260 g/mol. The van der Waals surface area contributed by atoms with Gasteiger partial charge in [0, 0.05) is 5.69 Å². The second-order valence-corrected chi connectivity index (χ2v) is 4.09. The first kappa shape index (κ1) is 13.5. The number of benzene rings is 2.